The molecule has 0 fully saturated rings. The van der Waals surface area contributed by atoms with Crippen molar-refractivity contribution in [3.63, 3.8) is 0 Å². The summed E-state index contributed by atoms with van der Waals surface area (Å²) in [6.45, 7) is 7.69. The zero-order valence-electron chi connectivity index (χ0n) is 14.2. The molecule has 24 heavy (non-hydrogen) atoms. The van der Waals surface area contributed by atoms with Gasteiger partial charge in [-0.05, 0) is 39.1 Å². The highest BCUT2D eigenvalue weighted by molar-refractivity contribution is 7.12. The van der Waals surface area contributed by atoms with Crippen LogP contribution in [0.2, 0.25) is 0 Å². The van der Waals surface area contributed by atoms with Gasteiger partial charge in [-0.1, -0.05) is 0 Å². The maximum atomic E-state index is 12.3. The number of hydrogen-bond donors (Lipinski definition) is 1. The van der Waals surface area contributed by atoms with Gasteiger partial charge in [0.2, 0.25) is 0 Å². The summed E-state index contributed by atoms with van der Waals surface area (Å²) in [6, 6.07) is 1.76. The molecule has 2 aromatic heterocycles. The fourth-order valence-corrected chi connectivity index (χ4v) is 2.49. The summed E-state index contributed by atoms with van der Waals surface area (Å²) in [5.41, 5.74) is -0.0540. The average molecular weight is 351 g/mol. The van der Waals surface area contributed by atoms with Crippen LogP contribution >= 0.6 is 11.3 Å². The number of amides is 1. The van der Waals surface area contributed by atoms with E-state index < -0.39 is 5.41 Å². The van der Waals surface area contributed by atoms with Gasteiger partial charge >= 0.3 is 5.97 Å². The van der Waals surface area contributed by atoms with Crippen LogP contribution in [0.25, 0.3) is 0 Å². The monoisotopic (exact) mass is 351 g/mol. The quantitative estimate of drug-likeness (QED) is 0.809. The Kier molecular flexibility index (Phi) is 5.61. The molecule has 7 nitrogen and oxygen atoms in total. The van der Waals surface area contributed by atoms with E-state index in [0.717, 1.165) is 0 Å². The molecule has 2 aromatic rings. The van der Waals surface area contributed by atoms with E-state index in [-0.39, 0.29) is 18.6 Å². The summed E-state index contributed by atoms with van der Waals surface area (Å²) in [6.07, 6.45) is 3.10. The molecule has 2 rings (SSSR count). The van der Waals surface area contributed by atoms with E-state index in [2.05, 4.69) is 10.4 Å². The summed E-state index contributed by atoms with van der Waals surface area (Å²) in [5, 5.41) is 8.61. The van der Waals surface area contributed by atoms with Gasteiger partial charge < -0.3 is 14.8 Å². The Morgan fingerprint density at radius 2 is 2.12 bits per heavy atom. The Hall–Kier alpha value is -2.35. The van der Waals surface area contributed by atoms with Crippen LogP contribution in [0.4, 0.5) is 5.69 Å². The van der Waals surface area contributed by atoms with Gasteiger partial charge in [0, 0.05) is 0 Å². The summed E-state index contributed by atoms with van der Waals surface area (Å²) in [4.78, 5) is 24.5. The zero-order valence-corrected chi connectivity index (χ0v) is 15.0. The third-order valence-electron chi connectivity index (χ3n) is 2.97. The number of nitrogens with one attached hydrogen (secondary N) is 1. The molecule has 0 radical (unpaired) electrons. The Balaban J connectivity index is 1.95. The molecule has 0 aliphatic carbocycles. The lowest BCUT2D eigenvalue weighted by Gasteiger charge is -2.16. The van der Waals surface area contributed by atoms with Crippen LogP contribution < -0.4 is 10.1 Å². The lowest BCUT2D eigenvalue weighted by molar-refractivity contribution is -0.157. The van der Waals surface area contributed by atoms with Crippen LogP contribution in [0.1, 0.15) is 37.4 Å². The van der Waals surface area contributed by atoms with Crippen molar-refractivity contribution < 1.29 is 19.1 Å². The van der Waals surface area contributed by atoms with E-state index in [9.17, 15) is 9.59 Å². The Labute approximate surface area is 144 Å². The minimum absolute atomic E-state index is 0.00479. The van der Waals surface area contributed by atoms with Gasteiger partial charge in [-0.3, -0.25) is 9.59 Å². The normalized spacial score (nSPS) is 11.2. The molecule has 0 spiro atoms. The summed E-state index contributed by atoms with van der Waals surface area (Å²) in [7, 11) is 0. The van der Waals surface area contributed by atoms with Crippen molar-refractivity contribution in [1.29, 1.82) is 0 Å². The van der Waals surface area contributed by atoms with Crippen LogP contribution in [0.5, 0.6) is 5.75 Å². The van der Waals surface area contributed by atoms with Crippen LogP contribution in [0, 0.1) is 5.41 Å². The van der Waals surface area contributed by atoms with Crippen molar-refractivity contribution >= 4 is 28.9 Å². The number of hydrogen-bond acceptors (Lipinski definition) is 6. The van der Waals surface area contributed by atoms with Crippen LogP contribution in [-0.2, 0) is 16.3 Å². The maximum absolute atomic E-state index is 12.3. The van der Waals surface area contributed by atoms with Gasteiger partial charge in [0.15, 0.2) is 6.73 Å². The number of carbonyl (C=O) groups is 2. The van der Waals surface area contributed by atoms with Gasteiger partial charge in [0.1, 0.15) is 10.6 Å². The number of aromatic nitrogens is 2. The molecule has 0 bridgehead atoms. The molecule has 0 aromatic carbocycles. The average Bonchev–Trinajstić information content (AvgIpc) is 3.13. The van der Waals surface area contributed by atoms with Crippen molar-refractivity contribution in [1.82, 2.24) is 9.78 Å². The van der Waals surface area contributed by atoms with Crippen molar-refractivity contribution in [3.8, 4) is 5.75 Å². The topological polar surface area (TPSA) is 82.4 Å². The van der Waals surface area contributed by atoms with E-state index in [1.165, 1.54) is 22.2 Å². The third-order valence-corrected chi connectivity index (χ3v) is 3.86. The number of ether oxygens (including phenoxy) is 2. The summed E-state index contributed by atoms with van der Waals surface area (Å²) in [5.74, 6) is -0.0188. The van der Waals surface area contributed by atoms with E-state index in [4.69, 9.17) is 9.47 Å². The number of rotatable bonds is 6. The Bertz CT molecular complexity index is 715. The second-order valence-corrected chi connectivity index (χ2v) is 7.00. The maximum Gasteiger partial charge on any atom is 0.313 e. The number of carbonyl (C=O) groups excluding carboxylic acids is 2. The van der Waals surface area contributed by atoms with Gasteiger partial charge in [-0.25, -0.2) is 4.68 Å². The van der Waals surface area contributed by atoms with Crippen molar-refractivity contribution in [2.24, 2.45) is 5.41 Å². The third kappa shape index (κ3) is 4.58. The standard InChI is InChI=1S/C16H21N3O4S/c1-5-22-12-6-7-24-13(12)14(20)18-11-8-17-19(9-11)10-23-15(21)16(2,3)4/h6-9H,5,10H2,1-4H3,(H,18,20). The van der Waals surface area contributed by atoms with Gasteiger partial charge in [-0.15, -0.1) is 11.3 Å². The smallest absolute Gasteiger partial charge is 0.313 e. The fourth-order valence-electron chi connectivity index (χ4n) is 1.76. The van der Waals surface area contributed by atoms with Gasteiger partial charge in [0.05, 0.1) is 30.1 Å². The first-order valence-electron chi connectivity index (χ1n) is 7.52. The lowest BCUT2D eigenvalue weighted by Crippen LogP contribution is -2.24. The number of esters is 1. The van der Waals surface area contributed by atoms with Crippen LogP contribution in [0.3, 0.4) is 0 Å². The highest BCUT2D eigenvalue weighted by atomic mass is 32.1. The van der Waals surface area contributed by atoms with Gasteiger partial charge in [-0.2, -0.15) is 5.10 Å². The number of thiophene rings is 1. The molecular weight excluding hydrogens is 330 g/mol. The van der Waals surface area contributed by atoms with Crippen molar-refractivity contribution in [2.75, 3.05) is 11.9 Å². The van der Waals surface area contributed by atoms with E-state index in [1.807, 2.05) is 6.92 Å². The highest BCUT2D eigenvalue weighted by Gasteiger charge is 2.23. The van der Waals surface area contributed by atoms with E-state index >= 15 is 0 Å². The molecule has 1 N–H and O–H groups in total. The van der Waals surface area contributed by atoms with E-state index in [0.29, 0.717) is 22.9 Å². The van der Waals surface area contributed by atoms with Gasteiger partial charge in [0.25, 0.3) is 5.91 Å². The Morgan fingerprint density at radius 1 is 1.38 bits per heavy atom. The van der Waals surface area contributed by atoms with Crippen LogP contribution in [-0.4, -0.2) is 28.3 Å². The van der Waals surface area contributed by atoms with Crippen molar-refractivity contribution in [2.45, 2.75) is 34.4 Å². The first kappa shape index (κ1) is 18.0. The molecule has 0 saturated heterocycles. The zero-order chi connectivity index (χ0) is 17.7. The minimum Gasteiger partial charge on any atom is -0.492 e. The minimum atomic E-state index is -0.570. The highest BCUT2D eigenvalue weighted by Crippen LogP contribution is 2.25. The Morgan fingerprint density at radius 3 is 2.79 bits per heavy atom. The van der Waals surface area contributed by atoms with Crippen molar-refractivity contribution in [3.05, 3.63) is 28.7 Å². The molecule has 0 aliphatic heterocycles. The fraction of sp³-hybridized carbons (Fsp3) is 0.438. The SMILES string of the molecule is CCOc1ccsc1C(=O)Nc1cnn(COC(=O)C(C)(C)C)c1. The summed E-state index contributed by atoms with van der Waals surface area (Å²) < 4.78 is 12.0. The van der Waals surface area contributed by atoms with Crippen LogP contribution in [0.15, 0.2) is 23.8 Å². The molecular formula is C16H21N3O4S. The molecule has 8 heteroatoms. The molecule has 2 heterocycles. The number of anilines is 1. The first-order chi connectivity index (χ1) is 11.3. The molecule has 0 aliphatic rings. The second kappa shape index (κ2) is 7.48. The first-order valence-corrected chi connectivity index (χ1v) is 8.40. The largest absolute Gasteiger partial charge is 0.492 e. The molecule has 0 unspecified atom stereocenters. The second-order valence-electron chi connectivity index (χ2n) is 6.08. The molecule has 0 atom stereocenters. The predicted molar refractivity (Wildman–Crippen MR) is 91.2 cm³/mol. The van der Waals surface area contributed by atoms with E-state index in [1.54, 1.807) is 38.4 Å². The molecule has 130 valence electrons. The lowest BCUT2D eigenvalue weighted by atomic mass is 9.98. The summed E-state index contributed by atoms with van der Waals surface area (Å²) >= 11 is 1.31. The predicted octanol–water partition coefficient (Wildman–Crippen LogP) is 3.14. The molecule has 0 saturated carbocycles. The number of nitrogens with zero attached hydrogens (tertiary/aromatic N) is 2. The molecule has 1 amide bonds.